The van der Waals surface area contributed by atoms with Gasteiger partial charge in [-0.2, -0.15) is 0 Å². The standard InChI is InChI=1S/C7H6FNOS/c1-11-7-5(4-10)2-9-3-6(7)8/h2-4H,1H3. The van der Waals surface area contributed by atoms with Gasteiger partial charge in [-0.15, -0.1) is 11.8 Å². The van der Waals surface area contributed by atoms with E-state index in [2.05, 4.69) is 4.98 Å². The number of nitrogens with zero attached hydrogens (tertiary/aromatic N) is 1. The quantitative estimate of drug-likeness (QED) is 0.501. The van der Waals surface area contributed by atoms with E-state index >= 15 is 0 Å². The van der Waals surface area contributed by atoms with E-state index in [0.29, 0.717) is 16.7 Å². The summed E-state index contributed by atoms with van der Waals surface area (Å²) in [6, 6.07) is 0. The fourth-order valence-corrected chi connectivity index (χ4v) is 1.32. The van der Waals surface area contributed by atoms with Crippen molar-refractivity contribution in [2.45, 2.75) is 4.90 Å². The van der Waals surface area contributed by atoms with Gasteiger partial charge in [-0.25, -0.2) is 4.39 Å². The molecule has 0 aromatic carbocycles. The van der Waals surface area contributed by atoms with E-state index in [4.69, 9.17) is 0 Å². The smallest absolute Gasteiger partial charge is 0.155 e. The Morgan fingerprint density at radius 1 is 1.64 bits per heavy atom. The molecule has 1 aromatic rings. The highest BCUT2D eigenvalue weighted by atomic mass is 32.2. The fraction of sp³-hybridized carbons (Fsp3) is 0.143. The molecule has 0 aliphatic rings. The van der Waals surface area contributed by atoms with Gasteiger partial charge >= 0.3 is 0 Å². The highest BCUT2D eigenvalue weighted by molar-refractivity contribution is 7.98. The van der Waals surface area contributed by atoms with Crippen molar-refractivity contribution in [3.8, 4) is 0 Å². The summed E-state index contributed by atoms with van der Waals surface area (Å²) < 4.78 is 12.8. The van der Waals surface area contributed by atoms with Crippen LogP contribution in [0, 0.1) is 5.82 Å². The summed E-state index contributed by atoms with van der Waals surface area (Å²) in [5.41, 5.74) is 0.303. The summed E-state index contributed by atoms with van der Waals surface area (Å²) in [6.07, 6.45) is 4.76. The monoisotopic (exact) mass is 171 g/mol. The van der Waals surface area contributed by atoms with E-state index in [9.17, 15) is 9.18 Å². The molecule has 0 saturated heterocycles. The Bertz CT molecular complexity index is 277. The normalized spacial score (nSPS) is 9.64. The minimum absolute atomic E-state index is 0.303. The van der Waals surface area contributed by atoms with Crippen LogP contribution in [-0.2, 0) is 0 Å². The van der Waals surface area contributed by atoms with Crippen molar-refractivity contribution in [2.75, 3.05) is 6.26 Å². The second-order valence-corrected chi connectivity index (χ2v) is 2.68. The molecule has 0 atom stereocenters. The molecular formula is C7H6FNOS. The summed E-state index contributed by atoms with van der Waals surface area (Å²) in [5.74, 6) is -0.442. The van der Waals surface area contributed by atoms with Gasteiger partial charge in [0.2, 0.25) is 0 Å². The first kappa shape index (κ1) is 8.20. The largest absolute Gasteiger partial charge is 0.298 e. The average molecular weight is 171 g/mol. The number of carbonyl (C=O) groups is 1. The minimum atomic E-state index is -0.442. The van der Waals surface area contributed by atoms with Gasteiger partial charge in [-0.1, -0.05) is 0 Å². The van der Waals surface area contributed by atoms with Crippen molar-refractivity contribution >= 4 is 18.0 Å². The number of thioether (sulfide) groups is 1. The first-order valence-electron chi connectivity index (χ1n) is 2.92. The van der Waals surface area contributed by atoms with Crippen LogP contribution in [0.25, 0.3) is 0 Å². The summed E-state index contributed by atoms with van der Waals surface area (Å²) in [7, 11) is 0. The zero-order chi connectivity index (χ0) is 8.27. The Morgan fingerprint density at radius 2 is 2.36 bits per heavy atom. The number of aldehydes is 1. The maximum absolute atomic E-state index is 12.8. The minimum Gasteiger partial charge on any atom is -0.298 e. The fourth-order valence-electron chi connectivity index (χ4n) is 0.737. The summed E-state index contributed by atoms with van der Waals surface area (Å²) in [5, 5.41) is 0. The molecule has 0 amide bonds. The number of rotatable bonds is 2. The molecule has 2 nitrogen and oxygen atoms in total. The summed E-state index contributed by atoms with van der Waals surface area (Å²) >= 11 is 1.20. The molecule has 0 bridgehead atoms. The molecule has 1 rings (SSSR count). The third-order valence-electron chi connectivity index (χ3n) is 1.21. The third kappa shape index (κ3) is 1.57. The lowest BCUT2D eigenvalue weighted by atomic mass is 10.3. The number of halogens is 1. The van der Waals surface area contributed by atoms with Gasteiger partial charge in [0.1, 0.15) is 0 Å². The summed E-state index contributed by atoms with van der Waals surface area (Å²) in [4.78, 5) is 14.2. The van der Waals surface area contributed by atoms with Crippen LogP contribution in [-0.4, -0.2) is 17.5 Å². The van der Waals surface area contributed by atoms with Crippen molar-refractivity contribution < 1.29 is 9.18 Å². The molecule has 1 heterocycles. The van der Waals surface area contributed by atoms with Crippen LogP contribution in [0.5, 0.6) is 0 Å². The van der Waals surface area contributed by atoms with E-state index in [1.807, 2.05) is 0 Å². The molecule has 11 heavy (non-hydrogen) atoms. The molecule has 0 aliphatic heterocycles. The second kappa shape index (κ2) is 3.48. The zero-order valence-electron chi connectivity index (χ0n) is 5.87. The van der Waals surface area contributed by atoms with Crippen LogP contribution in [0.4, 0.5) is 4.39 Å². The summed E-state index contributed by atoms with van der Waals surface area (Å²) in [6.45, 7) is 0. The number of hydrogen-bond acceptors (Lipinski definition) is 3. The Morgan fingerprint density at radius 3 is 2.82 bits per heavy atom. The lowest BCUT2D eigenvalue weighted by molar-refractivity contribution is 0.111. The lowest BCUT2D eigenvalue weighted by Crippen LogP contribution is -1.90. The highest BCUT2D eigenvalue weighted by Crippen LogP contribution is 2.20. The second-order valence-electron chi connectivity index (χ2n) is 1.86. The van der Waals surface area contributed by atoms with E-state index < -0.39 is 5.82 Å². The first-order valence-corrected chi connectivity index (χ1v) is 4.14. The van der Waals surface area contributed by atoms with Crippen molar-refractivity contribution in [3.63, 3.8) is 0 Å². The molecule has 58 valence electrons. The van der Waals surface area contributed by atoms with Crippen molar-refractivity contribution in [2.24, 2.45) is 0 Å². The molecule has 0 N–H and O–H groups in total. The topological polar surface area (TPSA) is 30.0 Å². The van der Waals surface area contributed by atoms with E-state index in [1.54, 1.807) is 6.26 Å². The van der Waals surface area contributed by atoms with Crippen LogP contribution in [0.15, 0.2) is 17.3 Å². The van der Waals surface area contributed by atoms with E-state index in [0.717, 1.165) is 6.20 Å². The Balaban J connectivity index is 3.23. The zero-order valence-corrected chi connectivity index (χ0v) is 6.69. The van der Waals surface area contributed by atoms with E-state index in [1.165, 1.54) is 18.0 Å². The molecule has 0 spiro atoms. The molecule has 0 radical (unpaired) electrons. The molecular weight excluding hydrogens is 165 g/mol. The van der Waals surface area contributed by atoms with Crippen LogP contribution < -0.4 is 0 Å². The maximum Gasteiger partial charge on any atom is 0.155 e. The molecule has 0 saturated carbocycles. The third-order valence-corrected chi connectivity index (χ3v) is 2.05. The average Bonchev–Trinajstić information content (AvgIpc) is 2.04. The molecule has 0 aliphatic carbocycles. The molecule has 1 aromatic heterocycles. The highest BCUT2D eigenvalue weighted by Gasteiger charge is 2.05. The van der Waals surface area contributed by atoms with Gasteiger partial charge in [0, 0.05) is 11.8 Å². The molecule has 4 heteroatoms. The number of carbonyl (C=O) groups excluding carboxylic acids is 1. The van der Waals surface area contributed by atoms with E-state index in [-0.39, 0.29) is 0 Å². The number of aromatic nitrogens is 1. The van der Waals surface area contributed by atoms with Crippen molar-refractivity contribution in [1.29, 1.82) is 0 Å². The van der Waals surface area contributed by atoms with Crippen LogP contribution >= 0.6 is 11.8 Å². The van der Waals surface area contributed by atoms with Crippen molar-refractivity contribution in [3.05, 3.63) is 23.8 Å². The predicted octanol–water partition coefficient (Wildman–Crippen LogP) is 1.76. The Kier molecular flexibility index (Phi) is 2.59. The maximum atomic E-state index is 12.8. The Labute approximate surface area is 67.8 Å². The molecule has 0 unspecified atom stereocenters. The van der Waals surface area contributed by atoms with Crippen LogP contribution in [0.1, 0.15) is 10.4 Å². The van der Waals surface area contributed by atoms with Gasteiger partial charge in [0.25, 0.3) is 0 Å². The van der Waals surface area contributed by atoms with Gasteiger partial charge in [-0.3, -0.25) is 9.78 Å². The van der Waals surface area contributed by atoms with Crippen molar-refractivity contribution in [1.82, 2.24) is 4.98 Å². The lowest BCUT2D eigenvalue weighted by Gasteiger charge is -1.99. The van der Waals surface area contributed by atoms with Crippen LogP contribution in [0.3, 0.4) is 0 Å². The van der Waals surface area contributed by atoms with Gasteiger partial charge in [-0.05, 0) is 6.26 Å². The first-order chi connectivity index (χ1) is 5.29. The number of pyridine rings is 1. The van der Waals surface area contributed by atoms with Gasteiger partial charge < -0.3 is 0 Å². The predicted molar refractivity (Wildman–Crippen MR) is 41.4 cm³/mol. The number of hydrogen-bond donors (Lipinski definition) is 0. The van der Waals surface area contributed by atoms with Gasteiger partial charge in [0.15, 0.2) is 12.1 Å². The van der Waals surface area contributed by atoms with Gasteiger partial charge in [0.05, 0.1) is 11.1 Å². The SMILES string of the molecule is CSc1c(F)cncc1C=O. The molecule has 0 fully saturated rings. The van der Waals surface area contributed by atoms with Crippen LogP contribution in [0.2, 0.25) is 0 Å². The Hall–Kier alpha value is -0.900.